The van der Waals surface area contributed by atoms with Crippen molar-refractivity contribution in [3.63, 3.8) is 0 Å². The van der Waals surface area contributed by atoms with E-state index in [9.17, 15) is 0 Å². The van der Waals surface area contributed by atoms with Crippen LogP contribution in [0.1, 0.15) is 35.7 Å². The Kier molecular flexibility index (Phi) is 4.10. The van der Waals surface area contributed by atoms with Crippen molar-refractivity contribution >= 4 is 21.7 Å². The summed E-state index contributed by atoms with van der Waals surface area (Å²) in [5, 5.41) is 3.13. The SMILES string of the molecule is CNc1nc(C2CC2)nc(OCc2ccc(Br)cc2)c1C. The summed E-state index contributed by atoms with van der Waals surface area (Å²) in [7, 11) is 1.88. The van der Waals surface area contributed by atoms with Crippen LogP contribution in [0.3, 0.4) is 0 Å². The summed E-state index contributed by atoms with van der Waals surface area (Å²) in [6, 6.07) is 8.11. The topological polar surface area (TPSA) is 47.0 Å². The van der Waals surface area contributed by atoms with Gasteiger partial charge in [0.05, 0.1) is 5.56 Å². The van der Waals surface area contributed by atoms with Gasteiger partial charge in [-0.2, -0.15) is 4.98 Å². The highest BCUT2D eigenvalue weighted by Gasteiger charge is 2.28. The first kappa shape index (κ1) is 14.3. The van der Waals surface area contributed by atoms with E-state index in [0.717, 1.165) is 27.2 Å². The molecule has 1 fully saturated rings. The van der Waals surface area contributed by atoms with Crippen LogP contribution in [0.25, 0.3) is 0 Å². The van der Waals surface area contributed by atoms with Crippen LogP contribution in [-0.2, 0) is 6.61 Å². The summed E-state index contributed by atoms with van der Waals surface area (Å²) in [5.41, 5.74) is 2.08. The third-order valence-electron chi connectivity index (χ3n) is 3.59. The van der Waals surface area contributed by atoms with E-state index in [0.29, 0.717) is 18.4 Å². The maximum Gasteiger partial charge on any atom is 0.222 e. The number of nitrogens with zero attached hydrogens (tertiary/aromatic N) is 2. The molecule has 0 spiro atoms. The molecule has 5 heteroatoms. The lowest BCUT2D eigenvalue weighted by Crippen LogP contribution is -2.07. The van der Waals surface area contributed by atoms with Crippen molar-refractivity contribution in [3.05, 3.63) is 45.7 Å². The molecular formula is C16H18BrN3O. The molecule has 1 aromatic heterocycles. The fourth-order valence-corrected chi connectivity index (χ4v) is 2.42. The van der Waals surface area contributed by atoms with E-state index in [-0.39, 0.29) is 0 Å². The molecule has 1 saturated carbocycles. The number of nitrogens with one attached hydrogen (secondary N) is 1. The van der Waals surface area contributed by atoms with Gasteiger partial charge in [-0.1, -0.05) is 28.1 Å². The van der Waals surface area contributed by atoms with E-state index in [1.165, 1.54) is 12.8 Å². The first-order valence-corrected chi connectivity index (χ1v) is 7.90. The molecule has 0 unspecified atom stereocenters. The van der Waals surface area contributed by atoms with Crippen LogP contribution in [0.4, 0.5) is 5.82 Å². The maximum atomic E-state index is 5.92. The number of ether oxygens (including phenoxy) is 1. The van der Waals surface area contributed by atoms with Gasteiger partial charge in [-0.3, -0.25) is 0 Å². The molecule has 1 aliphatic carbocycles. The molecule has 0 aliphatic heterocycles. The zero-order chi connectivity index (χ0) is 14.8. The third kappa shape index (κ3) is 3.35. The van der Waals surface area contributed by atoms with Gasteiger partial charge in [-0.05, 0) is 37.5 Å². The number of hydrogen-bond acceptors (Lipinski definition) is 4. The zero-order valence-corrected chi connectivity index (χ0v) is 13.8. The van der Waals surface area contributed by atoms with E-state index >= 15 is 0 Å². The van der Waals surface area contributed by atoms with Gasteiger partial charge in [0.1, 0.15) is 18.2 Å². The standard InChI is InChI=1S/C16H18BrN3O/c1-10-14(18-2)19-15(12-5-6-12)20-16(10)21-9-11-3-7-13(17)8-4-11/h3-4,7-8,12H,5-6,9H2,1-2H3,(H,18,19,20). The van der Waals surface area contributed by atoms with Gasteiger partial charge in [-0.15, -0.1) is 0 Å². The minimum absolute atomic E-state index is 0.507. The average molecular weight is 348 g/mol. The molecule has 0 amide bonds. The first-order valence-electron chi connectivity index (χ1n) is 7.11. The maximum absolute atomic E-state index is 5.92. The number of hydrogen-bond donors (Lipinski definition) is 1. The van der Waals surface area contributed by atoms with Gasteiger partial charge < -0.3 is 10.1 Å². The number of anilines is 1. The summed E-state index contributed by atoms with van der Waals surface area (Å²) in [4.78, 5) is 9.16. The molecular weight excluding hydrogens is 330 g/mol. The second-order valence-electron chi connectivity index (χ2n) is 5.30. The Morgan fingerprint density at radius 2 is 1.95 bits per heavy atom. The molecule has 4 nitrogen and oxygen atoms in total. The van der Waals surface area contributed by atoms with Crippen molar-refractivity contribution < 1.29 is 4.74 Å². The summed E-state index contributed by atoms with van der Waals surface area (Å²) in [6.07, 6.45) is 2.36. The van der Waals surface area contributed by atoms with Crippen LogP contribution in [0.15, 0.2) is 28.7 Å². The normalized spacial score (nSPS) is 14.0. The second-order valence-corrected chi connectivity index (χ2v) is 6.22. The van der Waals surface area contributed by atoms with Crippen molar-refractivity contribution in [2.45, 2.75) is 32.3 Å². The molecule has 110 valence electrons. The van der Waals surface area contributed by atoms with Gasteiger partial charge >= 0.3 is 0 Å². The summed E-state index contributed by atoms with van der Waals surface area (Å²) < 4.78 is 6.98. The van der Waals surface area contributed by atoms with Crippen LogP contribution in [0.2, 0.25) is 0 Å². The fraction of sp³-hybridized carbons (Fsp3) is 0.375. The van der Waals surface area contributed by atoms with E-state index in [1.807, 2.05) is 38.2 Å². The molecule has 1 aromatic carbocycles. The number of benzene rings is 1. The highest BCUT2D eigenvalue weighted by molar-refractivity contribution is 9.10. The molecule has 0 radical (unpaired) electrons. The van der Waals surface area contributed by atoms with Gasteiger partial charge in [0.25, 0.3) is 0 Å². The lowest BCUT2D eigenvalue weighted by Gasteiger charge is -2.13. The molecule has 0 atom stereocenters. The van der Waals surface area contributed by atoms with Crippen molar-refractivity contribution in [1.82, 2.24) is 9.97 Å². The average Bonchev–Trinajstić information content (AvgIpc) is 3.32. The summed E-state index contributed by atoms with van der Waals surface area (Å²) >= 11 is 3.43. The van der Waals surface area contributed by atoms with Crippen molar-refractivity contribution in [3.8, 4) is 5.88 Å². The molecule has 1 aliphatic rings. The Balaban J connectivity index is 1.80. The van der Waals surface area contributed by atoms with Crippen LogP contribution < -0.4 is 10.1 Å². The van der Waals surface area contributed by atoms with Crippen molar-refractivity contribution in [2.75, 3.05) is 12.4 Å². The van der Waals surface area contributed by atoms with Crippen molar-refractivity contribution in [2.24, 2.45) is 0 Å². The van der Waals surface area contributed by atoms with E-state index < -0.39 is 0 Å². The molecule has 3 rings (SSSR count). The lowest BCUT2D eigenvalue weighted by atomic mass is 10.2. The summed E-state index contributed by atoms with van der Waals surface area (Å²) in [6.45, 7) is 2.50. The van der Waals surface area contributed by atoms with Crippen LogP contribution in [-0.4, -0.2) is 17.0 Å². The largest absolute Gasteiger partial charge is 0.472 e. The van der Waals surface area contributed by atoms with Crippen LogP contribution in [0, 0.1) is 6.92 Å². The highest BCUT2D eigenvalue weighted by Crippen LogP contribution is 2.40. The van der Waals surface area contributed by atoms with Gasteiger partial charge in [0.2, 0.25) is 5.88 Å². The molecule has 0 bridgehead atoms. The lowest BCUT2D eigenvalue weighted by molar-refractivity contribution is 0.290. The molecule has 21 heavy (non-hydrogen) atoms. The second kappa shape index (κ2) is 6.02. The summed E-state index contributed by atoms with van der Waals surface area (Å²) in [5.74, 6) is 2.94. The predicted octanol–water partition coefficient (Wildman–Crippen LogP) is 4.05. The number of rotatable bonds is 5. The Bertz CT molecular complexity index is 639. The van der Waals surface area contributed by atoms with Gasteiger partial charge in [0.15, 0.2) is 0 Å². The molecule has 1 N–H and O–H groups in total. The number of aromatic nitrogens is 2. The minimum Gasteiger partial charge on any atom is -0.472 e. The molecule has 1 heterocycles. The Morgan fingerprint density at radius 3 is 2.57 bits per heavy atom. The minimum atomic E-state index is 0.507. The van der Waals surface area contributed by atoms with Gasteiger partial charge in [0, 0.05) is 17.4 Å². The highest BCUT2D eigenvalue weighted by atomic mass is 79.9. The zero-order valence-electron chi connectivity index (χ0n) is 12.2. The van der Waals surface area contributed by atoms with E-state index in [1.54, 1.807) is 0 Å². The fourth-order valence-electron chi connectivity index (χ4n) is 2.15. The first-order chi connectivity index (χ1) is 10.2. The van der Waals surface area contributed by atoms with E-state index in [4.69, 9.17) is 4.74 Å². The Morgan fingerprint density at radius 1 is 1.24 bits per heavy atom. The van der Waals surface area contributed by atoms with Crippen LogP contribution >= 0.6 is 15.9 Å². The predicted molar refractivity (Wildman–Crippen MR) is 86.8 cm³/mol. The van der Waals surface area contributed by atoms with Crippen LogP contribution in [0.5, 0.6) is 5.88 Å². The Hall–Kier alpha value is -1.62. The molecule has 2 aromatic rings. The van der Waals surface area contributed by atoms with E-state index in [2.05, 4.69) is 31.2 Å². The quantitative estimate of drug-likeness (QED) is 0.886. The third-order valence-corrected chi connectivity index (χ3v) is 4.12. The molecule has 0 saturated heterocycles. The van der Waals surface area contributed by atoms with Gasteiger partial charge in [-0.25, -0.2) is 4.98 Å². The monoisotopic (exact) mass is 347 g/mol. The number of halogens is 1. The Labute approximate surface area is 133 Å². The van der Waals surface area contributed by atoms with Crippen molar-refractivity contribution in [1.29, 1.82) is 0 Å². The smallest absolute Gasteiger partial charge is 0.222 e.